The van der Waals surface area contributed by atoms with Crippen LogP contribution in [0.5, 0.6) is 5.75 Å². The Morgan fingerprint density at radius 1 is 1.32 bits per heavy atom. The number of rotatable bonds is 8. The van der Waals surface area contributed by atoms with Gasteiger partial charge in [0.05, 0.1) is 13.1 Å². The van der Waals surface area contributed by atoms with Crippen LogP contribution in [0.3, 0.4) is 0 Å². The molecule has 0 radical (unpaired) electrons. The summed E-state index contributed by atoms with van der Waals surface area (Å²) in [5, 5.41) is 5.58. The molecule has 0 bridgehead atoms. The van der Waals surface area contributed by atoms with Gasteiger partial charge in [-0.15, -0.1) is 24.0 Å². The van der Waals surface area contributed by atoms with Crippen LogP contribution in [0.15, 0.2) is 29.3 Å². The van der Waals surface area contributed by atoms with Crippen LogP contribution in [0.25, 0.3) is 0 Å². The van der Waals surface area contributed by atoms with Crippen LogP contribution in [0.4, 0.5) is 17.6 Å². The second-order valence-corrected chi connectivity index (χ2v) is 5.78. The van der Waals surface area contributed by atoms with Gasteiger partial charge in [-0.1, -0.05) is 13.0 Å². The Bertz CT molecular complexity index is 644. The first-order chi connectivity index (χ1) is 12.6. The molecule has 0 spiro atoms. The quantitative estimate of drug-likeness (QED) is 0.240. The minimum Gasteiger partial charge on any atom is -0.489 e. The fraction of sp³-hybridized carbons (Fsp3) is 0.529. The molecule has 0 aliphatic rings. The number of nitrogens with one attached hydrogen (secondary N) is 2. The molecule has 1 rings (SSSR count). The lowest BCUT2D eigenvalue weighted by atomic mass is 10.2. The molecule has 160 valence electrons. The van der Waals surface area contributed by atoms with Gasteiger partial charge >= 0.3 is 6.18 Å². The second-order valence-electron chi connectivity index (χ2n) is 5.78. The van der Waals surface area contributed by atoms with Crippen LogP contribution in [0.2, 0.25) is 0 Å². The van der Waals surface area contributed by atoms with Crippen LogP contribution in [-0.2, 0) is 4.79 Å². The van der Waals surface area contributed by atoms with E-state index in [1.54, 1.807) is 6.07 Å². The van der Waals surface area contributed by atoms with E-state index in [-0.39, 0.29) is 42.6 Å². The summed E-state index contributed by atoms with van der Waals surface area (Å²) in [6, 6.07) is 5.75. The highest BCUT2D eigenvalue weighted by Gasteiger charge is 2.31. The molecule has 0 aromatic heterocycles. The van der Waals surface area contributed by atoms with Gasteiger partial charge in [0.25, 0.3) is 0 Å². The number of nitrogens with zero attached hydrogens (tertiary/aromatic N) is 2. The van der Waals surface area contributed by atoms with Crippen molar-refractivity contribution in [1.29, 1.82) is 0 Å². The van der Waals surface area contributed by atoms with Crippen molar-refractivity contribution in [1.82, 2.24) is 15.5 Å². The Balaban J connectivity index is 0.00000729. The topological polar surface area (TPSA) is 66.0 Å². The minimum atomic E-state index is -4.45. The fourth-order valence-electron chi connectivity index (χ4n) is 2.08. The first-order valence-electron chi connectivity index (χ1n) is 8.32. The summed E-state index contributed by atoms with van der Waals surface area (Å²) in [5.41, 5.74) is 0. The van der Waals surface area contributed by atoms with E-state index in [1.165, 1.54) is 25.2 Å². The SMILES string of the molecule is CCC(CNC(=NC)NCC(=O)N(C)CC(F)(F)F)Oc1cccc(F)c1.I. The molecular formula is C17H25F4IN4O2. The standard InChI is InChI=1S/C17H24F4N4O2.HI/c1-4-13(27-14-7-5-6-12(18)8-14)9-23-16(22-2)24-10-15(26)25(3)11-17(19,20)21;/h5-8,13H,4,9-11H2,1-3H3,(H2,22,23,24);1H. The summed E-state index contributed by atoms with van der Waals surface area (Å²) in [5.74, 6) is -0.506. The molecule has 1 unspecified atom stereocenters. The molecule has 0 fully saturated rings. The average molecular weight is 520 g/mol. The number of benzene rings is 1. The van der Waals surface area contributed by atoms with Gasteiger partial charge in [0.1, 0.15) is 24.2 Å². The lowest BCUT2D eigenvalue weighted by molar-refractivity contribution is -0.157. The normalized spacial score (nSPS) is 12.6. The Morgan fingerprint density at radius 2 is 2.00 bits per heavy atom. The summed E-state index contributed by atoms with van der Waals surface area (Å²) >= 11 is 0. The average Bonchev–Trinajstić information content (AvgIpc) is 2.59. The van der Waals surface area contributed by atoms with Crippen LogP contribution in [0, 0.1) is 5.82 Å². The summed E-state index contributed by atoms with van der Waals surface area (Å²) in [7, 11) is 2.54. The van der Waals surface area contributed by atoms with E-state index < -0.39 is 24.4 Å². The van der Waals surface area contributed by atoms with Gasteiger partial charge in [0, 0.05) is 20.2 Å². The van der Waals surface area contributed by atoms with Crippen molar-refractivity contribution in [3.63, 3.8) is 0 Å². The number of carbonyl (C=O) groups is 1. The van der Waals surface area contributed by atoms with E-state index in [2.05, 4.69) is 15.6 Å². The van der Waals surface area contributed by atoms with E-state index in [9.17, 15) is 22.4 Å². The van der Waals surface area contributed by atoms with Crippen LogP contribution in [-0.4, -0.2) is 62.8 Å². The summed E-state index contributed by atoms with van der Waals surface area (Å²) in [4.78, 5) is 16.2. The number of alkyl halides is 3. The third-order valence-corrected chi connectivity index (χ3v) is 3.52. The molecule has 28 heavy (non-hydrogen) atoms. The maximum absolute atomic E-state index is 13.2. The molecule has 1 aromatic rings. The van der Waals surface area contributed by atoms with E-state index in [1.807, 2.05) is 6.92 Å². The highest BCUT2D eigenvalue weighted by molar-refractivity contribution is 14.0. The van der Waals surface area contributed by atoms with Crippen molar-refractivity contribution >= 4 is 35.8 Å². The van der Waals surface area contributed by atoms with Gasteiger partial charge in [0.2, 0.25) is 5.91 Å². The van der Waals surface area contributed by atoms with Gasteiger partial charge in [-0.05, 0) is 18.6 Å². The van der Waals surface area contributed by atoms with Gasteiger partial charge in [0.15, 0.2) is 5.96 Å². The number of aliphatic imine (C=N–C) groups is 1. The number of carbonyl (C=O) groups excluding carboxylic acids is 1. The van der Waals surface area contributed by atoms with Gasteiger partial charge in [-0.3, -0.25) is 9.79 Å². The highest BCUT2D eigenvalue weighted by Crippen LogP contribution is 2.16. The lowest BCUT2D eigenvalue weighted by Crippen LogP contribution is -2.47. The fourth-order valence-corrected chi connectivity index (χ4v) is 2.08. The molecule has 11 heteroatoms. The molecule has 6 nitrogen and oxygen atoms in total. The molecule has 1 atom stereocenters. The maximum Gasteiger partial charge on any atom is 0.406 e. The predicted molar refractivity (Wildman–Crippen MR) is 110 cm³/mol. The molecule has 2 N–H and O–H groups in total. The molecule has 1 amide bonds. The highest BCUT2D eigenvalue weighted by atomic mass is 127. The van der Waals surface area contributed by atoms with Gasteiger partial charge < -0.3 is 20.3 Å². The first-order valence-corrected chi connectivity index (χ1v) is 8.32. The molecule has 0 saturated carbocycles. The molecule has 0 aliphatic heterocycles. The summed E-state index contributed by atoms with van der Waals surface area (Å²) in [6.07, 6.45) is -4.13. The smallest absolute Gasteiger partial charge is 0.406 e. The second kappa shape index (κ2) is 12.6. The van der Waals surface area contributed by atoms with E-state index >= 15 is 0 Å². The van der Waals surface area contributed by atoms with Crippen LogP contribution >= 0.6 is 24.0 Å². The van der Waals surface area contributed by atoms with Crippen molar-refractivity contribution in [2.75, 3.05) is 33.7 Å². The summed E-state index contributed by atoms with van der Waals surface area (Å²) in [6.45, 7) is 0.531. The van der Waals surface area contributed by atoms with Gasteiger partial charge in [-0.25, -0.2) is 4.39 Å². The zero-order chi connectivity index (χ0) is 20.4. The first kappa shape index (κ1) is 26.2. The van der Waals surface area contributed by atoms with Gasteiger partial charge in [-0.2, -0.15) is 13.2 Å². The number of halogens is 5. The van der Waals surface area contributed by atoms with Crippen molar-refractivity contribution in [3.05, 3.63) is 30.1 Å². The van der Waals surface area contributed by atoms with Crippen LogP contribution < -0.4 is 15.4 Å². The van der Waals surface area contributed by atoms with E-state index in [0.717, 1.165) is 7.05 Å². The Kier molecular flexibility index (Phi) is 11.8. The Morgan fingerprint density at radius 3 is 2.54 bits per heavy atom. The van der Waals surface area contributed by atoms with Crippen molar-refractivity contribution in [3.8, 4) is 5.75 Å². The molecule has 0 aliphatic carbocycles. The Labute approximate surface area is 178 Å². The van der Waals surface area contributed by atoms with Crippen molar-refractivity contribution in [2.24, 2.45) is 4.99 Å². The van der Waals surface area contributed by atoms with Crippen LogP contribution in [0.1, 0.15) is 13.3 Å². The third-order valence-electron chi connectivity index (χ3n) is 3.52. The molecule has 0 saturated heterocycles. The number of hydrogen-bond acceptors (Lipinski definition) is 3. The number of amides is 1. The number of guanidine groups is 1. The zero-order valence-corrected chi connectivity index (χ0v) is 18.2. The largest absolute Gasteiger partial charge is 0.489 e. The van der Waals surface area contributed by atoms with E-state index in [0.29, 0.717) is 23.6 Å². The zero-order valence-electron chi connectivity index (χ0n) is 15.8. The predicted octanol–water partition coefficient (Wildman–Crippen LogP) is 2.79. The molecular weight excluding hydrogens is 495 g/mol. The van der Waals surface area contributed by atoms with E-state index in [4.69, 9.17) is 4.74 Å². The van der Waals surface area contributed by atoms with Crippen molar-refractivity contribution in [2.45, 2.75) is 25.6 Å². The number of ether oxygens (including phenoxy) is 1. The maximum atomic E-state index is 13.2. The Hall–Kier alpha value is -1.79. The minimum absolute atomic E-state index is 0. The lowest BCUT2D eigenvalue weighted by Gasteiger charge is -2.21. The number of likely N-dealkylation sites (N-methyl/N-ethyl adjacent to an activating group) is 1. The monoisotopic (exact) mass is 520 g/mol. The molecule has 0 heterocycles. The summed E-state index contributed by atoms with van der Waals surface area (Å²) < 4.78 is 55.8. The third kappa shape index (κ3) is 10.5. The molecule has 1 aromatic carbocycles. The number of hydrogen-bond donors (Lipinski definition) is 2. The van der Waals surface area contributed by atoms with Crippen molar-refractivity contribution < 1.29 is 27.1 Å².